The van der Waals surface area contributed by atoms with E-state index in [-0.39, 0.29) is 48.1 Å². The maximum absolute atomic E-state index is 12.1. The average molecular weight is 532 g/mol. The lowest BCUT2D eigenvalue weighted by molar-refractivity contribution is -0.121. The second-order valence-electron chi connectivity index (χ2n) is 8.34. The number of benzene rings is 1. The van der Waals surface area contributed by atoms with E-state index < -0.39 is 0 Å². The van der Waals surface area contributed by atoms with Gasteiger partial charge in [-0.3, -0.25) is 4.79 Å². The normalized spacial score (nSPS) is 14.6. The van der Waals surface area contributed by atoms with E-state index in [0.29, 0.717) is 19.0 Å². The first-order chi connectivity index (χ1) is 13.8. The second-order valence-corrected chi connectivity index (χ2v) is 8.34. The van der Waals surface area contributed by atoms with Crippen molar-refractivity contribution in [2.24, 2.45) is 4.99 Å². The minimum Gasteiger partial charge on any atom is -0.497 e. The molecule has 0 aliphatic heterocycles. The lowest BCUT2D eigenvalue weighted by Crippen LogP contribution is -2.48. The van der Waals surface area contributed by atoms with Crippen molar-refractivity contribution in [1.82, 2.24) is 16.0 Å². The number of rotatable bonds is 8. The SMILES string of the molecule is CCNC(=NCc1ccc(OC)cc1OC1CCCC1)NCC(=O)NC(C)(C)C.I. The van der Waals surface area contributed by atoms with Crippen molar-refractivity contribution >= 4 is 35.8 Å². The van der Waals surface area contributed by atoms with Gasteiger partial charge in [-0.25, -0.2) is 4.99 Å². The van der Waals surface area contributed by atoms with Gasteiger partial charge in [-0.1, -0.05) is 0 Å². The van der Waals surface area contributed by atoms with Crippen LogP contribution in [0.3, 0.4) is 0 Å². The summed E-state index contributed by atoms with van der Waals surface area (Å²) in [5.41, 5.74) is 0.734. The Kier molecular flexibility index (Phi) is 11.3. The number of carbonyl (C=O) groups is 1. The van der Waals surface area contributed by atoms with E-state index in [1.807, 2.05) is 45.9 Å². The molecule has 1 saturated carbocycles. The maximum Gasteiger partial charge on any atom is 0.239 e. The summed E-state index contributed by atoms with van der Waals surface area (Å²) in [4.78, 5) is 16.7. The van der Waals surface area contributed by atoms with E-state index in [1.165, 1.54) is 12.8 Å². The molecule has 1 aromatic rings. The van der Waals surface area contributed by atoms with Gasteiger partial charge in [0.05, 0.1) is 26.3 Å². The molecule has 30 heavy (non-hydrogen) atoms. The zero-order chi connectivity index (χ0) is 21.3. The van der Waals surface area contributed by atoms with Gasteiger partial charge in [0.1, 0.15) is 11.5 Å². The number of hydrogen-bond donors (Lipinski definition) is 3. The van der Waals surface area contributed by atoms with Gasteiger partial charge in [0.25, 0.3) is 0 Å². The minimum absolute atomic E-state index is 0. The summed E-state index contributed by atoms with van der Waals surface area (Å²) < 4.78 is 11.6. The standard InChI is InChI=1S/C22H36N4O3.HI/c1-6-23-21(25-15-20(27)26-22(2,3)4)24-14-16-11-12-18(28-5)13-19(16)29-17-9-7-8-10-17;/h11-13,17H,6-10,14-15H2,1-5H3,(H,26,27)(H2,23,24,25);1H. The lowest BCUT2D eigenvalue weighted by Gasteiger charge is -2.21. The molecule has 1 aliphatic carbocycles. The van der Waals surface area contributed by atoms with Crippen molar-refractivity contribution in [2.75, 3.05) is 20.2 Å². The number of carbonyl (C=O) groups excluding carboxylic acids is 1. The van der Waals surface area contributed by atoms with Gasteiger partial charge in [0.15, 0.2) is 5.96 Å². The van der Waals surface area contributed by atoms with Crippen LogP contribution >= 0.6 is 24.0 Å². The predicted molar refractivity (Wildman–Crippen MR) is 132 cm³/mol. The van der Waals surface area contributed by atoms with E-state index in [9.17, 15) is 4.79 Å². The predicted octanol–water partition coefficient (Wildman–Crippen LogP) is 3.60. The highest BCUT2D eigenvalue weighted by atomic mass is 127. The van der Waals surface area contributed by atoms with Crippen LogP contribution in [0.2, 0.25) is 0 Å². The molecule has 0 bridgehead atoms. The van der Waals surface area contributed by atoms with Gasteiger partial charge in [-0.05, 0) is 65.5 Å². The molecule has 8 heteroatoms. The van der Waals surface area contributed by atoms with Gasteiger partial charge in [0, 0.05) is 23.7 Å². The van der Waals surface area contributed by atoms with Crippen molar-refractivity contribution in [3.05, 3.63) is 23.8 Å². The Labute approximate surface area is 197 Å². The van der Waals surface area contributed by atoms with E-state index in [4.69, 9.17) is 9.47 Å². The van der Waals surface area contributed by atoms with Crippen LogP contribution in [0.25, 0.3) is 0 Å². The molecule has 0 radical (unpaired) electrons. The Morgan fingerprint density at radius 3 is 2.50 bits per heavy atom. The molecule has 1 amide bonds. The molecule has 1 aromatic carbocycles. The van der Waals surface area contributed by atoms with Gasteiger partial charge in [-0.15, -0.1) is 24.0 Å². The summed E-state index contributed by atoms with van der Waals surface area (Å²) in [5, 5.41) is 9.20. The number of halogens is 1. The largest absolute Gasteiger partial charge is 0.497 e. The zero-order valence-corrected chi connectivity index (χ0v) is 21.2. The summed E-state index contributed by atoms with van der Waals surface area (Å²) in [7, 11) is 1.66. The summed E-state index contributed by atoms with van der Waals surface area (Å²) in [6.45, 7) is 9.19. The Morgan fingerprint density at radius 2 is 1.90 bits per heavy atom. The third-order valence-electron chi connectivity index (χ3n) is 4.55. The van der Waals surface area contributed by atoms with E-state index in [1.54, 1.807) is 7.11 Å². The summed E-state index contributed by atoms with van der Waals surface area (Å²) >= 11 is 0. The molecule has 1 aliphatic rings. The highest BCUT2D eigenvalue weighted by Crippen LogP contribution is 2.30. The number of aliphatic imine (C=N–C) groups is 1. The second kappa shape index (κ2) is 12.9. The first kappa shape index (κ1) is 26.3. The van der Waals surface area contributed by atoms with Crippen molar-refractivity contribution in [2.45, 2.75) is 71.6 Å². The molecule has 0 atom stereocenters. The van der Waals surface area contributed by atoms with Crippen LogP contribution in [0.4, 0.5) is 0 Å². The number of guanidine groups is 1. The minimum atomic E-state index is -0.260. The number of hydrogen-bond acceptors (Lipinski definition) is 4. The number of amides is 1. The van der Waals surface area contributed by atoms with E-state index in [0.717, 1.165) is 29.9 Å². The van der Waals surface area contributed by atoms with Gasteiger partial charge >= 0.3 is 0 Å². The highest BCUT2D eigenvalue weighted by Gasteiger charge is 2.18. The molecule has 0 saturated heterocycles. The average Bonchev–Trinajstić information content (AvgIpc) is 3.16. The Bertz CT molecular complexity index is 698. The van der Waals surface area contributed by atoms with Crippen molar-refractivity contribution < 1.29 is 14.3 Å². The van der Waals surface area contributed by atoms with Crippen LogP contribution in [0.15, 0.2) is 23.2 Å². The smallest absolute Gasteiger partial charge is 0.239 e. The third kappa shape index (κ3) is 9.40. The fourth-order valence-corrected chi connectivity index (χ4v) is 3.22. The molecular weight excluding hydrogens is 495 g/mol. The fraction of sp³-hybridized carbons (Fsp3) is 0.636. The third-order valence-corrected chi connectivity index (χ3v) is 4.55. The molecule has 7 nitrogen and oxygen atoms in total. The van der Waals surface area contributed by atoms with Crippen molar-refractivity contribution in [3.8, 4) is 11.5 Å². The fourth-order valence-electron chi connectivity index (χ4n) is 3.22. The number of nitrogens with zero attached hydrogens (tertiary/aromatic N) is 1. The quantitative estimate of drug-likeness (QED) is 0.271. The number of nitrogens with one attached hydrogen (secondary N) is 3. The van der Waals surface area contributed by atoms with Gasteiger partial charge in [-0.2, -0.15) is 0 Å². The summed E-state index contributed by atoms with van der Waals surface area (Å²) in [6, 6.07) is 5.84. The highest BCUT2D eigenvalue weighted by molar-refractivity contribution is 14.0. The first-order valence-corrected chi connectivity index (χ1v) is 10.5. The van der Waals surface area contributed by atoms with Crippen LogP contribution < -0.4 is 25.4 Å². The molecule has 170 valence electrons. The van der Waals surface area contributed by atoms with Crippen LogP contribution in [0.5, 0.6) is 11.5 Å². The van der Waals surface area contributed by atoms with Crippen LogP contribution in [-0.2, 0) is 11.3 Å². The van der Waals surface area contributed by atoms with Crippen LogP contribution in [0.1, 0.15) is 58.9 Å². The number of methoxy groups -OCH3 is 1. The van der Waals surface area contributed by atoms with Crippen LogP contribution in [0, 0.1) is 0 Å². The van der Waals surface area contributed by atoms with E-state index in [2.05, 4.69) is 20.9 Å². The Morgan fingerprint density at radius 1 is 1.20 bits per heavy atom. The molecule has 0 aromatic heterocycles. The molecule has 1 fully saturated rings. The molecular formula is C22H37IN4O3. The topological polar surface area (TPSA) is 84.0 Å². The van der Waals surface area contributed by atoms with E-state index >= 15 is 0 Å². The number of ether oxygens (including phenoxy) is 2. The monoisotopic (exact) mass is 532 g/mol. The van der Waals surface area contributed by atoms with Gasteiger partial charge in [0.2, 0.25) is 5.91 Å². The Hall–Kier alpha value is -1.71. The first-order valence-electron chi connectivity index (χ1n) is 10.5. The van der Waals surface area contributed by atoms with Crippen molar-refractivity contribution in [3.63, 3.8) is 0 Å². The molecule has 3 N–H and O–H groups in total. The molecule has 0 spiro atoms. The zero-order valence-electron chi connectivity index (χ0n) is 18.8. The van der Waals surface area contributed by atoms with Crippen molar-refractivity contribution in [1.29, 1.82) is 0 Å². The van der Waals surface area contributed by atoms with Crippen LogP contribution in [-0.4, -0.2) is 43.7 Å². The molecule has 2 rings (SSSR count). The Balaban J connectivity index is 0.00000450. The summed E-state index contributed by atoms with van der Waals surface area (Å²) in [5.74, 6) is 2.12. The lowest BCUT2D eigenvalue weighted by atomic mass is 10.1. The maximum atomic E-state index is 12.1. The van der Waals surface area contributed by atoms with Gasteiger partial charge < -0.3 is 25.4 Å². The molecule has 0 unspecified atom stereocenters. The molecule has 0 heterocycles. The summed E-state index contributed by atoms with van der Waals surface area (Å²) in [6.07, 6.45) is 4.87.